The highest BCUT2D eigenvalue weighted by Crippen LogP contribution is 2.29. The van der Waals surface area contributed by atoms with E-state index in [1.54, 1.807) is 24.3 Å². The summed E-state index contributed by atoms with van der Waals surface area (Å²) < 4.78 is 24.3. The molecule has 0 aliphatic carbocycles. The first-order valence-electron chi connectivity index (χ1n) is 9.09. The highest BCUT2D eigenvalue weighted by molar-refractivity contribution is 14.1. The molecule has 144 valence electrons. The van der Waals surface area contributed by atoms with Crippen LogP contribution in [-0.4, -0.2) is 13.9 Å². The molecule has 29 heavy (non-hydrogen) atoms. The molecule has 1 saturated heterocycles. The molecule has 7 heteroatoms. The summed E-state index contributed by atoms with van der Waals surface area (Å²) in [4.78, 5) is 3.38. The number of halogens is 1. The minimum atomic E-state index is -0.693. The third-order valence-corrected chi connectivity index (χ3v) is 5.48. The molecule has 3 aromatic rings. The summed E-state index contributed by atoms with van der Waals surface area (Å²) in [6.07, 6.45) is -0.117. The first-order valence-corrected chi connectivity index (χ1v) is 10.2. The van der Waals surface area contributed by atoms with E-state index >= 15 is 0 Å². The number of hydrogen-bond donors (Lipinski definition) is 0. The lowest BCUT2D eigenvalue weighted by Crippen LogP contribution is -2.20. The Morgan fingerprint density at radius 1 is 1.03 bits per heavy atom. The lowest BCUT2D eigenvalue weighted by atomic mass is 10.1. The minimum absolute atomic E-state index is 0.117. The Bertz CT molecular complexity index is 1010. The van der Waals surface area contributed by atoms with Gasteiger partial charge in [-0.15, -0.1) is 0 Å². The largest absolute Gasteiger partial charge is 0.640 e. The van der Waals surface area contributed by atoms with Crippen molar-refractivity contribution in [2.45, 2.75) is 12.7 Å². The number of nitrogens with zero attached hydrogens (tertiary/aromatic N) is 1. The van der Waals surface area contributed by atoms with Crippen LogP contribution < -0.4 is 4.74 Å². The van der Waals surface area contributed by atoms with Gasteiger partial charge in [0.2, 0.25) is 0 Å². The van der Waals surface area contributed by atoms with Gasteiger partial charge in [-0.2, -0.15) is 0 Å². The van der Waals surface area contributed by atoms with Crippen LogP contribution in [0.5, 0.6) is 11.5 Å². The normalized spacial score (nSPS) is 15.9. The van der Waals surface area contributed by atoms with E-state index in [0.29, 0.717) is 30.4 Å². The van der Waals surface area contributed by atoms with Gasteiger partial charge in [-0.3, -0.25) is 0 Å². The van der Waals surface area contributed by atoms with E-state index in [-0.39, 0.29) is 6.10 Å². The molecule has 0 N–H and O–H groups in total. The number of rotatable bonds is 6. The van der Waals surface area contributed by atoms with Crippen molar-refractivity contribution in [3.8, 4) is 11.5 Å². The first-order chi connectivity index (χ1) is 14.2. The van der Waals surface area contributed by atoms with Gasteiger partial charge in [-0.1, -0.05) is 42.5 Å². The van der Waals surface area contributed by atoms with Crippen LogP contribution in [-0.2, 0) is 20.6 Å². The minimum Gasteiger partial charge on any atom is -0.457 e. The van der Waals surface area contributed by atoms with Crippen LogP contribution in [0.25, 0.3) is 4.85 Å². The summed E-state index contributed by atoms with van der Waals surface area (Å²) in [6, 6.07) is 22.8. The van der Waals surface area contributed by atoms with Gasteiger partial charge in [0.05, 0.1) is 25.9 Å². The van der Waals surface area contributed by atoms with Crippen molar-refractivity contribution in [2.24, 2.45) is 0 Å². The molecule has 0 spiro atoms. The lowest BCUT2D eigenvalue weighted by molar-refractivity contribution is 0.153. The van der Waals surface area contributed by atoms with Gasteiger partial charge in [0.25, 0.3) is 0 Å². The van der Waals surface area contributed by atoms with Crippen molar-refractivity contribution in [2.75, 3.05) is 6.61 Å². The zero-order valence-electron chi connectivity index (χ0n) is 15.5. The van der Waals surface area contributed by atoms with Crippen LogP contribution in [0.15, 0.2) is 72.8 Å². The van der Waals surface area contributed by atoms with Crippen LogP contribution in [0.4, 0.5) is 5.69 Å². The maximum absolute atomic E-state index is 7.01. The molecule has 1 aliphatic rings. The summed E-state index contributed by atoms with van der Waals surface area (Å²) in [7, 11) is -0.693. The van der Waals surface area contributed by atoms with Crippen LogP contribution in [0.1, 0.15) is 17.2 Å². The molecule has 1 aliphatic heterocycles. The summed E-state index contributed by atoms with van der Waals surface area (Å²) in [5.41, 5.74) is 2.64. The maximum atomic E-state index is 7.01. The molecule has 1 atom stereocenters. The van der Waals surface area contributed by atoms with Crippen LogP contribution in [0.3, 0.4) is 0 Å². The van der Waals surface area contributed by atoms with Gasteiger partial charge in [-0.25, -0.2) is 4.85 Å². The summed E-state index contributed by atoms with van der Waals surface area (Å²) in [5.74, 6) is 1.38. The van der Waals surface area contributed by atoms with Crippen LogP contribution in [0.2, 0.25) is 0 Å². The van der Waals surface area contributed by atoms with E-state index < -0.39 is 7.32 Å². The van der Waals surface area contributed by atoms with Gasteiger partial charge in [0, 0.05) is 3.57 Å². The van der Waals surface area contributed by atoms with Crippen LogP contribution in [0, 0.1) is 10.1 Å². The molecule has 0 amide bonds. The Kier molecular flexibility index (Phi) is 6.47. The van der Waals surface area contributed by atoms with E-state index in [1.807, 2.05) is 48.5 Å². The Hall–Kier alpha value is -2.38. The SMILES string of the molecule is [C-]#[N+]c1ccc(Oc2ccc(I)c(COB3OCC(c4ccccc4)O3)c2)cc1. The molecule has 5 nitrogen and oxygen atoms in total. The number of hydrogen-bond acceptors (Lipinski definition) is 4. The standard InChI is InChI=1S/C22H17BINO4/c1-25-18-7-9-19(10-8-18)28-20-11-12-21(24)17(13-20)14-26-23-27-15-22(29-23)16-5-3-2-4-6-16/h2-13,22H,14-15H2. The summed E-state index contributed by atoms with van der Waals surface area (Å²) in [5, 5.41) is 0. The molecule has 4 rings (SSSR count). The Balaban J connectivity index is 1.36. The molecule has 0 saturated carbocycles. The summed E-state index contributed by atoms with van der Waals surface area (Å²) >= 11 is 2.27. The number of benzene rings is 3. The third-order valence-electron chi connectivity index (χ3n) is 4.42. The fraction of sp³-hybridized carbons (Fsp3) is 0.136. The maximum Gasteiger partial charge on any atom is 0.640 e. The zero-order chi connectivity index (χ0) is 20.1. The predicted octanol–water partition coefficient (Wildman–Crippen LogP) is 5.92. The topological polar surface area (TPSA) is 41.3 Å². The Labute approximate surface area is 183 Å². The molecular formula is C22H17BINO4. The van der Waals surface area contributed by atoms with Gasteiger partial charge >= 0.3 is 7.32 Å². The molecule has 0 aromatic heterocycles. The van der Waals surface area contributed by atoms with E-state index in [4.69, 9.17) is 25.3 Å². The molecular weight excluding hydrogens is 480 g/mol. The molecule has 0 radical (unpaired) electrons. The van der Waals surface area contributed by atoms with E-state index in [9.17, 15) is 0 Å². The van der Waals surface area contributed by atoms with Gasteiger partial charge in [0.1, 0.15) is 11.5 Å². The van der Waals surface area contributed by atoms with Crippen molar-refractivity contribution in [1.29, 1.82) is 0 Å². The quantitative estimate of drug-likeness (QED) is 0.241. The second kappa shape index (κ2) is 9.42. The van der Waals surface area contributed by atoms with Gasteiger partial charge < -0.3 is 18.7 Å². The second-order valence-corrected chi connectivity index (χ2v) is 7.59. The lowest BCUT2D eigenvalue weighted by Gasteiger charge is -2.12. The fourth-order valence-corrected chi connectivity index (χ4v) is 3.41. The molecule has 1 unspecified atom stereocenters. The van der Waals surface area contributed by atoms with Gasteiger partial charge in [0.15, 0.2) is 5.69 Å². The van der Waals surface area contributed by atoms with Crippen molar-refractivity contribution in [3.63, 3.8) is 0 Å². The Morgan fingerprint density at radius 2 is 1.79 bits per heavy atom. The zero-order valence-corrected chi connectivity index (χ0v) is 17.6. The smallest absolute Gasteiger partial charge is 0.457 e. The van der Waals surface area contributed by atoms with Gasteiger partial charge in [-0.05, 0) is 64.0 Å². The predicted molar refractivity (Wildman–Crippen MR) is 119 cm³/mol. The van der Waals surface area contributed by atoms with E-state index in [0.717, 1.165) is 14.7 Å². The number of ether oxygens (including phenoxy) is 1. The van der Waals surface area contributed by atoms with Crippen LogP contribution >= 0.6 is 22.6 Å². The average molecular weight is 497 g/mol. The highest BCUT2D eigenvalue weighted by atomic mass is 127. The molecule has 3 aromatic carbocycles. The van der Waals surface area contributed by atoms with Crippen molar-refractivity contribution >= 4 is 35.6 Å². The van der Waals surface area contributed by atoms with Crippen molar-refractivity contribution in [3.05, 3.63) is 98.9 Å². The summed E-state index contributed by atoms with van der Waals surface area (Å²) in [6.45, 7) is 7.83. The third kappa shape index (κ3) is 5.16. The second-order valence-electron chi connectivity index (χ2n) is 6.43. The van der Waals surface area contributed by atoms with E-state index in [2.05, 4.69) is 27.4 Å². The van der Waals surface area contributed by atoms with E-state index in [1.165, 1.54) is 0 Å². The molecule has 1 fully saturated rings. The van der Waals surface area contributed by atoms with Crippen molar-refractivity contribution in [1.82, 2.24) is 0 Å². The molecule has 0 bridgehead atoms. The Morgan fingerprint density at radius 3 is 2.55 bits per heavy atom. The highest BCUT2D eigenvalue weighted by Gasteiger charge is 2.34. The van der Waals surface area contributed by atoms with Crippen molar-refractivity contribution < 1.29 is 18.7 Å². The average Bonchev–Trinajstić information content (AvgIpc) is 3.24. The fourth-order valence-electron chi connectivity index (χ4n) is 2.92. The first kappa shape index (κ1) is 19.9. The monoisotopic (exact) mass is 497 g/mol. The molecule has 1 heterocycles.